The summed E-state index contributed by atoms with van der Waals surface area (Å²) in [6.45, 7) is 0.191. The van der Waals surface area contributed by atoms with Crippen LogP contribution in [0.1, 0.15) is 17.9 Å². The maximum Gasteiger partial charge on any atom is 0.314 e. The molecule has 0 aliphatic carbocycles. The number of halogens is 5. The zero-order chi connectivity index (χ0) is 18.0. The Morgan fingerprint density at radius 3 is 2.48 bits per heavy atom. The summed E-state index contributed by atoms with van der Waals surface area (Å²) in [6.07, 6.45) is -2.87. The van der Waals surface area contributed by atoms with Crippen LogP contribution >= 0.6 is 23.2 Å². The van der Waals surface area contributed by atoms with Crippen molar-refractivity contribution in [1.82, 2.24) is 10.2 Å². The molecule has 2 aromatic carbocycles. The lowest BCUT2D eigenvalue weighted by atomic mass is 10.1. The third-order valence-corrected chi connectivity index (χ3v) is 4.07. The van der Waals surface area contributed by atoms with Gasteiger partial charge >= 0.3 is 6.43 Å². The SMILES string of the molecule is Fc1cc(-c2nnc(C(F)F)o2)ccc1CNc1ccc(Cl)c(Cl)c1. The first-order chi connectivity index (χ1) is 11.9. The lowest BCUT2D eigenvalue weighted by Gasteiger charge is -2.09. The molecule has 0 spiro atoms. The first-order valence-electron chi connectivity index (χ1n) is 7.03. The third kappa shape index (κ3) is 4.05. The molecule has 0 unspecified atom stereocenters. The molecule has 0 amide bonds. The maximum absolute atomic E-state index is 14.2. The summed E-state index contributed by atoms with van der Waals surface area (Å²) in [7, 11) is 0. The Morgan fingerprint density at radius 2 is 1.84 bits per heavy atom. The van der Waals surface area contributed by atoms with E-state index in [9.17, 15) is 13.2 Å². The number of anilines is 1. The van der Waals surface area contributed by atoms with E-state index in [0.29, 0.717) is 21.3 Å². The van der Waals surface area contributed by atoms with Crippen LogP contribution in [-0.2, 0) is 6.54 Å². The van der Waals surface area contributed by atoms with Crippen LogP contribution in [0.3, 0.4) is 0 Å². The van der Waals surface area contributed by atoms with Gasteiger partial charge in [0.25, 0.3) is 5.89 Å². The number of nitrogens with one attached hydrogen (secondary N) is 1. The number of nitrogens with zero attached hydrogens (tertiary/aromatic N) is 2. The van der Waals surface area contributed by atoms with Crippen LogP contribution in [0.15, 0.2) is 40.8 Å². The molecule has 25 heavy (non-hydrogen) atoms. The molecular formula is C16H10Cl2F3N3O. The predicted molar refractivity (Wildman–Crippen MR) is 88.4 cm³/mol. The lowest BCUT2D eigenvalue weighted by Crippen LogP contribution is -2.02. The summed E-state index contributed by atoms with van der Waals surface area (Å²) >= 11 is 11.8. The minimum atomic E-state index is -2.87. The van der Waals surface area contributed by atoms with Gasteiger partial charge in [0.1, 0.15) is 5.82 Å². The van der Waals surface area contributed by atoms with Gasteiger partial charge in [0.05, 0.1) is 10.0 Å². The molecule has 9 heteroatoms. The van der Waals surface area contributed by atoms with Gasteiger partial charge in [-0.25, -0.2) is 4.39 Å². The molecule has 0 bridgehead atoms. The van der Waals surface area contributed by atoms with Gasteiger partial charge in [-0.1, -0.05) is 29.3 Å². The van der Waals surface area contributed by atoms with E-state index in [4.69, 9.17) is 27.6 Å². The summed E-state index contributed by atoms with van der Waals surface area (Å²) < 4.78 is 43.9. The highest BCUT2D eigenvalue weighted by Crippen LogP contribution is 2.27. The highest BCUT2D eigenvalue weighted by atomic mass is 35.5. The Balaban J connectivity index is 1.74. The minimum absolute atomic E-state index is 0.168. The zero-order valence-electron chi connectivity index (χ0n) is 12.4. The quantitative estimate of drug-likeness (QED) is 0.606. The molecule has 0 atom stereocenters. The molecule has 0 fully saturated rings. The number of hydrogen-bond acceptors (Lipinski definition) is 4. The van der Waals surface area contributed by atoms with E-state index in [-0.39, 0.29) is 18.0 Å². The smallest absolute Gasteiger partial charge is 0.314 e. The van der Waals surface area contributed by atoms with Crippen molar-refractivity contribution in [2.45, 2.75) is 13.0 Å². The second kappa shape index (κ2) is 7.33. The van der Waals surface area contributed by atoms with Gasteiger partial charge in [-0.3, -0.25) is 0 Å². The second-order valence-electron chi connectivity index (χ2n) is 5.03. The molecule has 0 saturated carbocycles. The number of benzene rings is 2. The fraction of sp³-hybridized carbons (Fsp3) is 0.125. The molecule has 0 aliphatic rings. The monoisotopic (exact) mass is 387 g/mol. The van der Waals surface area contributed by atoms with Gasteiger partial charge < -0.3 is 9.73 Å². The highest BCUT2D eigenvalue weighted by Gasteiger charge is 2.17. The standard InChI is InChI=1S/C16H10Cl2F3N3O/c17-11-4-3-10(6-12(11)18)22-7-9-2-1-8(5-13(9)19)15-23-24-16(25-15)14(20)21/h1-6,14,22H,7H2. The molecule has 1 N–H and O–H groups in total. The van der Waals surface area contributed by atoms with Crippen molar-refractivity contribution in [2.24, 2.45) is 0 Å². The molecule has 3 aromatic rings. The lowest BCUT2D eigenvalue weighted by molar-refractivity contribution is 0.116. The predicted octanol–water partition coefficient (Wildman–Crippen LogP) is 5.73. The van der Waals surface area contributed by atoms with Crippen LogP contribution in [0.4, 0.5) is 18.9 Å². The van der Waals surface area contributed by atoms with E-state index in [2.05, 4.69) is 15.5 Å². The molecule has 130 valence electrons. The van der Waals surface area contributed by atoms with Gasteiger partial charge in [-0.15, -0.1) is 10.2 Å². The number of hydrogen-bond donors (Lipinski definition) is 1. The Hall–Kier alpha value is -2.25. The van der Waals surface area contributed by atoms with Crippen molar-refractivity contribution in [1.29, 1.82) is 0 Å². The normalized spacial score (nSPS) is 11.1. The molecule has 1 heterocycles. The number of aromatic nitrogens is 2. The van der Waals surface area contributed by atoms with Crippen LogP contribution in [0.5, 0.6) is 0 Å². The van der Waals surface area contributed by atoms with E-state index in [1.807, 2.05) is 0 Å². The summed E-state index contributed by atoms with van der Waals surface area (Å²) in [4.78, 5) is 0. The van der Waals surface area contributed by atoms with E-state index in [1.54, 1.807) is 18.2 Å². The van der Waals surface area contributed by atoms with Gasteiger partial charge in [0.2, 0.25) is 5.89 Å². The van der Waals surface area contributed by atoms with Crippen LogP contribution in [-0.4, -0.2) is 10.2 Å². The number of rotatable bonds is 5. The summed E-state index contributed by atoms with van der Waals surface area (Å²) in [6, 6.07) is 9.13. The zero-order valence-corrected chi connectivity index (χ0v) is 14.0. The average molecular weight is 388 g/mol. The van der Waals surface area contributed by atoms with Crippen molar-refractivity contribution >= 4 is 28.9 Å². The molecule has 3 rings (SSSR count). The maximum atomic E-state index is 14.2. The van der Waals surface area contributed by atoms with Crippen molar-refractivity contribution < 1.29 is 17.6 Å². The molecule has 0 aliphatic heterocycles. The van der Waals surface area contributed by atoms with Gasteiger partial charge in [0.15, 0.2) is 0 Å². The van der Waals surface area contributed by atoms with E-state index in [1.165, 1.54) is 12.1 Å². The average Bonchev–Trinajstić information content (AvgIpc) is 3.07. The third-order valence-electron chi connectivity index (χ3n) is 3.33. The van der Waals surface area contributed by atoms with Crippen molar-refractivity contribution in [3.8, 4) is 11.5 Å². The first-order valence-corrected chi connectivity index (χ1v) is 7.79. The Kier molecular flexibility index (Phi) is 5.15. The fourth-order valence-corrected chi connectivity index (χ4v) is 2.36. The van der Waals surface area contributed by atoms with E-state index in [0.717, 1.165) is 6.07 Å². The molecule has 0 radical (unpaired) electrons. The first kappa shape index (κ1) is 17.6. The van der Waals surface area contributed by atoms with Crippen molar-refractivity contribution in [3.05, 3.63) is 63.7 Å². The molecule has 1 aromatic heterocycles. The van der Waals surface area contributed by atoms with Gasteiger partial charge in [0, 0.05) is 23.4 Å². The van der Waals surface area contributed by atoms with Gasteiger partial charge in [-0.2, -0.15) is 8.78 Å². The molecular weight excluding hydrogens is 378 g/mol. The fourth-order valence-electron chi connectivity index (χ4n) is 2.07. The summed E-state index contributed by atoms with van der Waals surface area (Å²) in [5.74, 6) is -1.51. The van der Waals surface area contributed by atoms with Crippen LogP contribution in [0.25, 0.3) is 11.5 Å². The van der Waals surface area contributed by atoms with Crippen LogP contribution < -0.4 is 5.32 Å². The number of alkyl halides is 2. The molecule has 0 saturated heterocycles. The Labute approximate surface area is 150 Å². The van der Waals surface area contributed by atoms with Crippen LogP contribution in [0.2, 0.25) is 10.0 Å². The van der Waals surface area contributed by atoms with E-state index >= 15 is 0 Å². The Bertz CT molecular complexity index is 902. The topological polar surface area (TPSA) is 51.0 Å². The second-order valence-corrected chi connectivity index (χ2v) is 5.85. The summed E-state index contributed by atoms with van der Waals surface area (Å²) in [5.41, 5.74) is 1.26. The van der Waals surface area contributed by atoms with Crippen molar-refractivity contribution in [2.75, 3.05) is 5.32 Å². The van der Waals surface area contributed by atoms with Gasteiger partial charge in [-0.05, 0) is 30.3 Å². The van der Waals surface area contributed by atoms with E-state index < -0.39 is 18.1 Å². The largest absolute Gasteiger partial charge is 0.415 e. The van der Waals surface area contributed by atoms with Crippen molar-refractivity contribution in [3.63, 3.8) is 0 Å². The highest BCUT2D eigenvalue weighted by molar-refractivity contribution is 6.42. The summed E-state index contributed by atoms with van der Waals surface area (Å²) in [5, 5.41) is 10.5. The van der Waals surface area contributed by atoms with Crippen LogP contribution in [0, 0.1) is 5.82 Å². The Morgan fingerprint density at radius 1 is 1.04 bits per heavy atom. The molecule has 4 nitrogen and oxygen atoms in total. The minimum Gasteiger partial charge on any atom is -0.415 e.